The van der Waals surface area contributed by atoms with E-state index in [0.29, 0.717) is 31.3 Å². The molecule has 5 heteroatoms. The highest BCUT2D eigenvalue weighted by molar-refractivity contribution is 5.79. The maximum absolute atomic E-state index is 11.8. The summed E-state index contributed by atoms with van der Waals surface area (Å²) < 4.78 is 0. The first-order valence-electron chi connectivity index (χ1n) is 6.94. The van der Waals surface area contributed by atoms with Crippen LogP contribution in [-0.2, 0) is 9.59 Å². The van der Waals surface area contributed by atoms with E-state index in [1.807, 2.05) is 0 Å². The Morgan fingerprint density at radius 2 is 2.28 bits per heavy atom. The lowest BCUT2D eigenvalue weighted by atomic mass is 9.90. The van der Waals surface area contributed by atoms with Gasteiger partial charge in [-0.1, -0.05) is 6.92 Å². The lowest BCUT2D eigenvalue weighted by Gasteiger charge is -2.29. The van der Waals surface area contributed by atoms with Crippen molar-refractivity contribution in [2.75, 3.05) is 13.1 Å². The van der Waals surface area contributed by atoms with Crippen LogP contribution in [0.3, 0.4) is 0 Å². The molecule has 0 spiro atoms. The molecule has 2 saturated heterocycles. The third-order valence-corrected chi connectivity index (χ3v) is 3.97. The zero-order valence-electron chi connectivity index (χ0n) is 11.0. The van der Waals surface area contributed by atoms with Gasteiger partial charge < -0.3 is 16.0 Å². The molecule has 2 aliphatic heterocycles. The quantitative estimate of drug-likeness (QED) is 0.668. The zero-order chi connectivity index (χ0) is 13.0. The van der Waals surface area contributed by atoms with Crippen LogP contribution in [0.5, 0.6) is 0 Å². The van der Waals surface area contributed by atoms with Crippen LogP contribution in [-0.4, -0.2) is 37.0 Å². The van der Waals surface area contributed by atoms with Gasteiger partial charge in [0.15, 0.2) is 0 Å². The van der Waals surface area contributed by atoms with Gasteiger partial charge in [-0.3, -0.25) is 9.59 Å². The monoisotopic (exact) mass is 253 g/mol. The van der Waals surface area contributed by atoms with Crippen LogP contribution < -0.4 is 16.0 Å². The summed E-state index contributed by atoms with van der Waals surface area (Å²) in [6.07, 6.45) is 4.36. The number of piperidine rings is 1. The Hall–Kier alpha value is -1.10. The number of hydrogen-bond donors (Lipinski definition) is 3. The van der Waals surface area contributed by atoms with E-state index in [9.17, 15) is 9.59 Å². The van der Waals surface area contributed by atoms with Gasteiger partial charge in [-0.15, -0.1) is 0 Å². The molecule has 3 N–H and O–H groups in total. The topological polar surface area (TPSA) is 70.2 Å². The molecule has 3 unspecified atom stereocenters. The van der Waals surface area contributed by atoms with E-state index in [2.05, 4.69) is 22.9 Å². The lowest BCUT2D eigenvalue weighted by Crippen LogP contribution is -2.45. The molecule has 0 aliphatic carbocycles. The number of hydrogen-bond acceptors (Lipinski definition) is 3. The molecule has 0 aromatic rings. The number of amides is 2. The summed E-state index contributed by atoms with van der Waals surface area (Å²) in [5.74, 6) is 0.745. The van der Waals surface area contributed by atoms with E-state index in [-0.39, 0.29) is 17.9 Å². The minimum Gasteiger partial charge on any atom is -0.354 e. The molecule has 2 rings (SSSR count). The first-order valence-corrected chi connectivity index (χ1v) is 6.94. The largest absolute Gasteiger partial charge is 0.354 e. The number of carbonyl (C=O) groups is 2. The fourth-order valence-electron chi connectivity index (χ4n) is 2.73. The summed E-state index contributed by atoms with van der Waals surface area (Å²) in [4.78, 5) is 22.9. The lowest BCUT2D eigenvalue weighted by molar-refractivity contribution is -0.122. The molecule has 2 fully saturated rings. The van der Waals surface area contributed by atoms with Crippen molar-refractivity contribution in [2.45, 2.75) is 51.1 Å². The molecule has 2 amide bonds. The Labute approximate surface area is 108 Å². The van der Waals surface area contributed by atoms with Gasteiger partial charge in [-0.25, -0.2) is 0 Å². The van der Waals surface area contributed by atoms with Crippen molar-refractivity contribution >= 4 is 11.8 Å². The number of carbonyl (C=O) groups excluding carboxylic acids is 2. The van der Waals surface area contributed by atoms with Gasteiger partial charge in [-0.2, -0.15) is 0 Å². The van der Waals surface area contributed by atoms with Gasteiger partial charge in [-0.05, 0) is 31.7 Å². The molecule has 2 heterocycles. The van der Waals surface area contributed by atoms with Crippen molar-refractivity contribution in [1.82, 2.24) is 16.0 Å². The molecule has 0 saturated carbocycles. The predicted octanol–water partition coefficient (Wildman–Crippen LogP) is 0.159. The van der Waals surface area contributed by atoms with Gasteiger partial charge in [0.25, 0.3) is 0 Å². The smallest absolute Gasteiger partial charge is 0.221 e. The van der Waals surface area contributed by atoms with E-state index in [1.54, 1.807) is 0 Å². The summed E-state index contributed by atoms with van der Waals surface area (Å²) in [5.41, 5.74) is 0. The highest BCUT2D eigenvalue weighted by atomic mass is 16.2. The molecule has 0 aromatic carbocycles. The van der Waals surface area contributed by atoms with Gasteiger partial charge in [0.05, 0.1) is 0 Å². The van der Waals surface area contributed by atoms with Gasteiger partial charge in [0, 0.05) is 31.5 Å². The molecular weight excluding hydrogens is 230 g/mol. The van der Waals surface area contributed by atoms with E-state index in [0.717, 1.165) is 13.0 Å². The minimum absolute atomic E-state index is 0.0856. The molecular formula is C13H23N3O2. The van der Waals surface area contributed by atoms with Crippen LogP contribution in [0.15, 0.2) is 0 Å². The first kappa shape index (κ1) is 13.3. The molecule has 0 bridgehead atoms. The average molecular weight is 253 g/mol. The second-order valence-corrected chi connectivity index (χ2v) is 5.49. The van der Waals surface area contributed by atoms with Crippen LogP contribution >= 0.6 is 0 Å². The Balaban J connectivity index is 1.66. The van der Waals surface area contributed by atoms with Crippen molar-refractivity contribution in [3.8, 4) is 0 Å². The van der Waals surface area contributed by atoms with Gasteiger partial charge >= 0.3 is 0 Å². The van der Waals surface area contributed by atoms with Crippen molar-refractivity contribution < 1.29 is 9.59 Å². The summed E-state index contributed by atoms with van der Waals surface area (Å²) in [6, 6.07) is 0.426. The molecule has 18 heavy (non-hydrogen) atoms. The van der Waals surface area contributed by atoms with Crippen LogP contribution in [0.25, 0.3) is 0 Å². The summed E-state index contributed by atoms with van der Waals surface area (Å²) in [7, 11) is 0. The third kappa shape index (κ3) is 3.70. The van der Waals surface area contributed by atoms with Gasteiger partial charge in [0.1, 0.15) is 0 Å². The summed E-state index contributed by atoms with van der Waals surface area (Å²) in [5, 5.41) is 9.18. The van der Waals surface area contributed by atoms with E-state index in [1.165, 1.54) is 12.8 Å². The maximum atomic E-state index is 11.8. The molecule has 0 aromatic heterocycles. The normalized spacial score (nSPS) is 32.1. The first-order chi connectivity index (χ1) is 8.65. The zero-order valence-corrected chi connectivity index (χ0v) is 11.0. The standard InChI is InChI=1S/C13H23N3O2/c1-9-3-2-6-14-11(9)7-13(18)15-8-10-4-5-12(17)16-10/h9-11,14H,2-8H2,1H3,(H,15,18)(H,16,17). The summed E-state index contributed by atoms with van der Waals surface area (Å²) >= 11 is 0. The maximum Gasteiger partial charge on any atom is 0.221 e. The third-order valence-electron chi connectivity index (χ3n) is 3.97. The average Bonchev–Trinajstić information content (AvgIpc) is 2.76. The number of rotatable bonds is 4. The van der Waals surface area contributed by atoms with Crippen LogP contribution in [0.2, 0.25) is 0 Å². The highest BCUT2D eigenvalue weighted by Crippen LogP contribution is 2.17. The van der Waals surface area contributed by atoms with Crippen LogP contribution in [0.1, 0.15) is 39.0 Å². The fourth-order valence-corrected chi connectivity index (χ4v) is 2.73. The van der Waals surface area contributed by atoms with E-state index < -0.39 is 0 Å². The molecule has 3 atom stereocenters. The molecule has 2 aliphatic rings. The summed E-state index contributed by atoms with van der Waals surface area (Å²) in [6.45, 7) is 3.77. The van der Waals surface area contributed by atoms with Crippen LogP contribution in [0, 0.1) is 5.92 Å². The number of nitrogens with one attached hydrogen (secondary N) is 3. The second-order valence-electron chi connectivity index (χ2n) is 5.49. The highest BCUT2D eigenvalue weighted by Gasteiger charge is 2.24. The SMILES string of the molecule is CC1CCCNC1CC(=O)NCC1CCC(=O)N1. The van der Waals surface area contributed by atoms with Crippen molar-refractivity contribution in [3.63, 3.8) is 0 Å². The second kappa shape index (κ2) is 6.18. The van der Waals surface area contributed by atoms with Gasteiger partial charge in [0.2, 0.25) is 11.8 Å². The molecule has 5 nitrogen and oxygen atoms in total. The molecule has 0 radical (unpaired) electrons. The molecule has 102 valence electrons. The van der Waals surface area contributed by atoms with Crippen LogP contribution in [0.4, 0.5) is 0 Å². The van der Waals surface area contributed by atoms with Crippen molar-refractivity contribution in [3.05, 3.63) is 0 Å². The Bertz CT molecular complexity index is 319. The van der Waals surface area contributed by atoms with E-state index >= 15 is 0 Å². The Morgan fingerprint density at radius 1 is 1.44 bits per heavy atom. The van der Waals surface area contributed by atoms with Crippen molar-refractivity contribution in [1.29, 1.82) is 0 Å². The fraction of sp³-hybridized carbons (Fsp3) is 0.846. The Morgan fingerprint density at radius 3 is 2.94 bits per heavy atom. The predicted molar refractivity (Wildman–Crippen MR) is 69.0 cm³/mol. The minimum atomic E-state index is 0.0856. The Kier molecular flexibility index (Phi) is 4.58. The van der Waals surface area contributed by atoms with Crippen molar-refractivity contribution in [2.24, 2.45) is 5.92 Å². The van der Waals surface area contributed by atoms with E-state index in [4.69, 9.17) is 0 Å².